The molecule has 4 rings (SSSR count). The summed E-state index contributed by atoms with van der Waals surface area (Å²) in [6.07, 6.45) is 1.89. The van der Waals surface area contributed by atoms with Gasteiger partial charge in [-0.05, 0) is 11.1 Å². The Morgan fingerprint density at radius 2 is 1.00 bits per heavy atom. The normalized spacial score (nSPS) is 31.0. The van der Waals surface area contributed by atoms with E-state index in [2.05, 4.69) is 60.7 Å². The van der Waals surface area contributed by atoms with Crippen molar-refractivity contribution in [2.24, 2.45) is 0 Å². The van der Waals surface area contributed by atoms with E-state index in [1.54, 1.807) is 0 Å². The molecule has 2 heterocycles. The fourth-order valence-corrected chi connectivity index (χ4v) is 3.08. The van der Waals surface area contributed by atoms with Gasteiger partial charge in [0.15, 0.2) is 0 Å². The topological polar surface area (TPSA) is 25.1 Å². The van der Waals surface area contributed by atoms with Gasteiger partial charge in [-0.1, -0.05) is 60.7 Å². The molecule has 2 aromatic rings. The summed E-state index contributed by atoms with van der Waals surface area (Å²) < 4.78 is 11.7. The molecule has 102 valence electrons. The molecule has 2 aromatic carbocycles. The Balaban J connectivity index is 1.54. The second-order valence-electron chi connectivity index (χ2n) is 5.89. The molecule has 0 bridgehead atoms. The molecule has 20 heavy (non-hydrogen) atoms. The highest BCUT2D eigenvalue weighted by Gasteiger charge is 2.69. The summed E-state index contributed by atoms with van der Waals surface area (Å²) in [5.74, 6) is 0. The van der Waals surface area contributed by atoms with Crippen LogP contribution in [0.1, 0.15) is 11.1 Å². The molecule has 2 aliphatic rings. The van der Waals surface area contributed by atoms with E-state index in [1.165, 1.54) is 11.1 Å². The van der Waals surface area contributed by atoms with Crippen LogP contribution < -0.4 is 0 Å². The maximum absolute atomic E-state index is 5.87. The molecule has 0 spiro atoms. The van der Waals surface area contributed by atoms with E-state index < -0.39 is 0 Å². The minimum Gasteiger partial charge on any atom is -0.366 e. The van der Waals surface area contributed by atoms with Gasteiger partial charge in [0, 0.05) is 12.8 Å². The predicted molar refractivity (Wildman–Crippen MR) is 77.7 cm³/mol. The lowest BCUT2D eigenvalue weighted by molar-refractivity contribution is 0.153. The van der Waals surface area contributed by atoms with Crippen molar-refractivity contribution in [3.05, 3.63) is 71.8 Å². The van der Waals surface area contributed by atoms with Crippen molar-refractivity contribution < 1.29 is 9.47 Å². The molecule has 0 aromatic heterocycles. The van der Waals surface area contributed by atoms with Crippen LogP contribution in [0.5, 0.6) is 0 Å². The first-order valence-electron chi connectivity index (χ1n) is 7.18. The Morgan fingerprint density at radius 3 is 1.30 bits per heavy atom. The summed E-state index contributed by atoms with van der Waals surface area (Å²) in [5.41, 5.74) is 2.44. The lowest BCUT2D eigenvalue weighted by Crippen LogP contribution is -2.38. The average molecular weight is 266 g/mol. The van der Waals surface area contributed by atoms with Gasteiger partial charge in [-0.15, -0.1) is 0 Å². The Labute approximate surface area is 119 Å². The average Bonchev–Trinajstić information content (AvgIpc) is 3.39. The predicted octanol–water partition coefficient (Wildman–Crippen LogP) is 3.01. The third-order valence-corrected chi connectivity index (χ3v) is 4.48. The first kappa shape index (κ1) is 12.1. The quantitative estimate of drug-likeness (QED) is 0.777. The Morgan fingerprint density at radius 1 is 0.650 bits per heavy atom. The number of benzene rings is 2. The second-order valence-corrected chi connectivity index (χ2v) is 5.89. The van der Waals surface area contributed by atoms with Crippen molar-refractivity contribution in [2.45, 2.75) is 24.0 Å². The van der Waals surface area contributed by atoms with E-state index in [1.807, 2.05) is 0 Å². The number of hydrogen-bond acceptors (Lipinski definition) is 2. The summed E-state index contributed by atoms with van der Waals surface area (Å²) >= 11 is 0. The molecule has 2 aliphatic heterocycles. The summed E-state index contributed by atoms with van der Waals surface area (Å²) in [6.45, 7) is 1.63. The molecule has 2 nitrogen and oxygen atoms in total. The van der Waals surface area contributed by atoms with Gasteiger partial charge in [-0.3, -0.25) is 0 Å². The van der Waals surface area contributed by atoms with Gasteiger partial charge in [0.05, 0.1) is 13.2 Å². The maximum Gasteiger partial charge on any atom is 0.127 e. The highest BCUT2D eigenvalue weighted by molar-refractivity contribution is 5.29. The monoisotopic (exact) mass is 266 g/mol. The zero-order valence-corrected chi connectivity index (χ0v) is 11.4. The summed E-state index contributed by atoms with van der Waals surface area (Å²) in [6, 6.07) is 21.1. The molecule has 2 fully saturated rings. The van der Waals surface area contributed by atoms with Crippen LogP contribution in [0, 0.1) is 0 Å². The highest BCUT2D eigenvalue weighted by atomic mass is 16.7. The number of epoxide rings is 2. The van der Waals surface area contributed by atoms with Gasteiger partial charge >= 0.3 is 0 Å². The Kier molecular flexibility index (Phi) is 2.69. The van der Waals surface area contributed by atoms with Gasteiger partial charge < -0.3 is 9.47 Å². The van der Waals surface area contributed by atoms with Gasteiger partial charge in [-0.2, -0.15) is 0 Å². The molecule has 0 saturated carbocycles. The zero-order chi connectivity index (χ0) is 13.5. The third kappa shape index (κ3) is 2.05. The second kappa shape index (κ2) is 4.44. The molecule has 0 amide bonds. The molecular weight excluding hydrogens is 248 g/mol. The van der Waals surface area contributed by atoms with Crippen molar-refractivity contribution in [3.8, 4) is 0 Å². The standard InChI is InChI=1S/C18H18O2/c1-3-7-15(8-4-1)11-17(13-19-17)18(14-20-18)12-16-9-5-2-6-10-16/h1-10H,11-14H2. The van der Waals surface area contributed by atoms with Crippen LogP contribution in [-0.2, 0) is 22.3 Å². The highest BCUT2D eigenvalue weighted by Crippen LogP contribution is 2.52. The Hall–Kier alpha value is -1.64. The van der Waals surface area contributed by atoms with Crippen LogP contribution in [0.25, 0.3) is 0 Å². The van der Waals surface area contributed by atoms with E-state index >= 15 is 0 Å². The number of hydrogen-bond donors (Lipinski definition) is 0. The fraction of sp³-hybridized carbons (Fsp3) is 0.333. The lowest BCUT2D eigenvalue weighted by atomic mass is 9.83. The fourth-order valence-electron chi connectivity index (χ4n) is 3.08. The number of rotatable bonds is 5. The van der Waals surface area contributed by atoms with Crippen LogP contribution in [0.3, 0.4) is 0 Å². The first-order chi connectivity index (χ1) is 9.82. The van der Waals surface area contributed by atoms with Crippen molar-refractivity contribution in [3.63, 3.8) is 0 Å². The molecule has 2 atom stereocenters. The van der Waals surface area contributed by atoms with Gasteiger partial charge in [0.25, 0.3) is 0 Å². The molecule has 0 radical (unpaired) electrons. The summed E-state index contributed by atoms with van der Waals surface area (Å²) in [5, 5.41) is 0. The van der Waals surface area contributed by atoms with Crippen LogP contribution in [0.15, 0.2) is 60.7 Å². The smallest absolute Gasteiger partial charge is 0.127 e. The van der Waals surface area contributed by atoms with E-state index in [0.717, 1.165) is 26.1 Å². The lowest BCUT2D eigenvalue weighted by Gasteiger charge is -2.21. The van der Waals surface area contributed by atoms with Crippen LogP contribution in [0.4, 0.5) is 0 Å². The molecule has 2 heteroatoms. The first-order valence-corrected chi connectivity index (χ1v) is 7.18. The van der Waals surface area contributed by atoms with E-state index in [4.69, 9.17) is 9.47 Å². The van der Waals surface area contributed by atoms with Crippen molar-refractivity contribution in [2.75, 3.05) is 13.2 Å². The van der Waals surface area contributed by atoms with Gasteiger partial charge in [-0.25, -0.2) is 0 Å². The third-order valence-electron chi connectivity index (χ3n) is 4.48. The maximum atomic E-state index is 5.87. The van der Waals surface area contributed by atoms with Crippen molar-refractivity contribution in [1.29, 1.82) is 0 Å². The SMILES string of the molecule is c1ccc(CC2(C3(Cc4ccccc4)CO3)CO2)cc1. The zero-order valence-electron chi connectivity index (χ0n) is 11.4. The molecule has 2 saturated heterocycles. The molecule has 2 unspecified atom stereocenters. The molecular formula is C18H18O2. The van der Waals surface area contributed by atoms with Crippen molar-refractivity contribution in [1.82, 2.24) is 0 Å². The largest absolute Gasteiger partial charge is 0.366 e. The van der Waals surface area contributed by atoms with Crippen LogP contribution in [-0.4, -0.2) is 24.4 Å². The number of ether oxygens (including phenoxy) is 2. The van der Waals surface area contributed by atoms with E-state index in [-0.39, 0.29) is 11.2 Å². The minimum atomic E-state index is -0.107. The van der Waals surface area contributed by atoms with E-state index in [9.17, 15) is 0 Å². The van der Waals surface area contributed by atoms with E-state index in [0.29, 0.717) is 0 Å². The summed E-state index contributed by atoms with van der Waals surface area (Å²) in [7, 11) is 0. The van der Waals surface area contributed by atoms with Crippen molar-refractivity contribution >= 4 is 0 Å². The van der Waals surface area contributed by atoms with Crippen LogP contribution in [0.2, 0.25) is 0 Å². The minimum absolute atomic E-state index is 0.107. The Bertz CT molecular complexity index is 528. The summed E-state index contributed by atoms with van der Waals surface area (Å²) in [4.78, 5) is 0. The van der Waals surface area contributed by atoms with Gasteiger partial charge in [0.2, 0.25) is 0 Å². The molecule has 0 N–H and O–H groups in total. The molecule has 0 aliphatic carbocycles. The van der Waals surface area contributed by atoms with Gasteiger partial charge in [0.1, 0.15) is 11.2 Å². The van der Waals surface area contributed by atoms with Crippen LogP contribution >= 0.6 is 0 Å².